The summed E-state index contributed by atoms with van der Waals surface area (Å²) in [5.41, 5.74) is 2.49. The second kappa shape index (κ2) is 11.2. The molecule has 2 aromatic carbocycles. The number of thioether (sulfide) groups is 1. The number of hydrogen-bond acceptors (Lipinski definition) is 4. The van der Waals surface area contributed by atoms with Crippen LogP contribution >= 0.6 is 11.8 Å². The van der Waals surface area contributed by atoms with Gasteiger partial charge in [0.05, 0.1) is 11.9 Å². The molecule has 0 bridgehead atoms. The lowest BCUT2D eigenvalue weighted by Gasteiger charge is -2.22. The van der Waals surface area contributed by atoms with Gasteiger partial charge in [-0.3, -0.25) is 9.10 Å². The number of nitrogens with one attached hydrogen (secondary N) is 1. The first kappa shape index (κ1) is 23.2. The lowest BCUT2D eigenvalue weighted by molar-refractivity contribution is -0.121. The van der Waals surface area contributed by atoms with E-state index < -0.39 is 15.8 Å². The molecule has 1 N–H and O–H groups in total. The van der Waals surface area contributed by atoms with Gasteiger partial charge in [0, 0.05) is 31.0 Å². The van der Waals surface area contributed by atoms with Gasteiger partial charge in [-0.1, -0.05) is 42.0 Å². The molecule has 0 atom stereocenters. The van der Waals surface area contributed by atoms with Gasteiger partial charge in [-0.15, -0.1) is 0 Å². The quantitative estimate of drug-likeness (QED) is 0.543. The molecule has 0 saturated heterocycles. The minimum Gasteiger partial charge on any atom is -0.355 e. The van der Waals surface area contributed by atoms with Crippen molar-refractivity contribution in [3.05, 3.63) is 65.5 Å². The van der Waals surface area contributed by atoms with Crippen LogP contribution in [0.3, 0.4) is 0 Å². The molecule has 0 heterocycles. The highest BCUT2D eigenvalue weighted by molar-refractivity contribution is 7.98. The Bertz CT molecular complexity index is 902. The summed E-state index contributed by atoms with van der Waals surface area (Å²) in [6, 6.07) is 14.1. The Morgan fingerprint density at radius 3 is 2.48 bits per heavy atom. The van der Waals surface area contributed by atoms with E-state index in [1.807, 2.05) is 0 Å². The van der Waals surface area contributed by atoms with Crippen molar-refractivity contribution in [2.45, 2.75) is 25.5 Å². The smallest absolute Gasteiger partial charge is 0.232 e. The maximum Gasteiger partial charge on any atom is 0.232 e. The molecule has 2 aromatic rings. The number of carbonyl (C=O) groups excluding carboxylic acids is 1. The molecule has 8 heteroatoms. The summed E-state index contributed by atoms with van der Waals surface area (Å²) in [7, 11) is -3.63. The molecule has 29 heavy (non-hydrogen) atoms. The lowest BCUT2D eigenvalue weighted by atomic mass is 10.2. The van der Waals surface area contributed by atoms with E-state index in [-0.39, 0.29) is 24.6 Å². The third-order valence-corrected chi connectivity index (χ3v) is 6.45. The molecule has 0 unspecified atom stereocenters. The molecule has 0 aliphatic rings. The largest absolute Gasteiger partial charge is 0.355 e. The number of sulfonamides is 1. The summed E-state index contributed by atoms with van der Waals surface area (Å²) in [6.45, 7) is 2.66. The molecule has 0 saturated carbocycles. The van der Waals surface area contributed by atoms with Gasteiger partial charge in [0.25, 0.3) is 0 Å². The zero-order valence-corrected chi connectivity index (χ0v) is 18.4. The van der Waals surface area contributed by atoms with Crippen molar-refractivity contribution in [3.63, 3.8) is 0 Å². The maximum absolute atomic E-state index is 13.9. The second-order valence-corrected chi connectivity index (χ2v) is 9.79. The molecule has 158 valence electrons. The van der Waals surface area contributed by atoms with Crippen molar-refractivity contribution in [2.75, 3.05) is 29.4 Å². The van der Waals surface area contributed by atoms with E-state index in [2.05, 4.69) is 36.5 Å². The molecule has 0 aliphatic carbocycles. The third-order valence-electron chi connectivity index (χ3n) is 4.24. The topological polar surface area (TPSA) is 66.5 Å². The number of rotatable bonds is 11. The predicted octanol–water partition coefficient (Wildman–Crippen LogP) is 3.73. The van der Waals surface area contributed by atoms with Crippen molar-refractivity contribution in [3.8, 4) is 0 Å². The Kier molecular flexibility index (Phi) is 8.98. The normalized spacial score (nSPS) is 11.3. The Morgan fingerprint density at radius 1 is 1.14 bits per heavy atom. The van der Waals surface area contributed by atoms with Crippen molar-refractivity contribution in [2.24, 2.45) is 0 Å². The van der Waals surface area contributed by atoms with Gasteiger partial charge >= 0.3 is 0 Å². The molecule has 0 fully saturated rings. The average Bonchev–Trinajstić information content (AvgIpc) is 2.66. The third kappa shape index (κ3) is 8.06. The lowest BCUT2D eigenvalue weighted by Crippen LogP contribution is -2.33. The van der Waals surface area contributed by atoms with Gasteiger partial charge < -0.3 is 5.32 Å². The van der Waals surface area contributed by atoms with Crippen molar-refractivity contribution in [1.29, 1.82) is 0 Å². The summed E-state index contributed by atoms with van der Waals surface area (Å²) in [6.07, 6.45) is 1.53. The zero-order chi connectivity index (χ0) is 21.3. The number of amides is 1. The van der Waals surface area contributed by atoms with Crippen LogP contribution in [-0.2, 0) is 20.6 Å². The van der Waals surface area contributed by atoms with Gasteiger partial charge in [0.15, 0.2) is 0 Å². The Balaban J connectivity index is 1.70. The summed E-state index contributed by atoms with van der Waals surface area (Å²) in [4.78, 5) is 12.0. The van der Waals surface area contributed by atoms with Crippen LogP contribution < -0.4 is 9.62 Å². The van der Waals surface area contributed by atoms with Crippen molar-refractivity contribution in [1.82, 2.24) is 5.32 Å². The fourth-order valence-corrected chi connectivity index (χ4v) is 4.51. The molecule has 0 aliphatic heterocycles. The Labute approximate surface area is 176 Å². The minimum atomic E-state index is -3.63. The maximum atomic E-state index is 13.9. The van der Waals surface area contributed by atoms with E-state index >= 15 is 0 Å². The van der Waals surface area contributed by atoms with E-state index in [4.69, 9.17) is 0 Å². The van der Waals surface area contributed by atoms with Crippen LogP contribution in [0.2, 0.25) is 0 Å². The van der Waals surface area contributed by atoms with Gasteiger partial charge in [0.2, 0.25) is 15.9 Å². The Hall–Kier alpha value is -2.06. The van der Waals surface area contributed by atoms with Crippen LogP contribution in [0.4, 0.5) is 10.1 Å². The van der Waals surface area contributed by atoms with Crippen molar-refractivity contribution < 1.29 is 17.6 Å². The van der Waals surface area contributed by atoms with Gasteiger partial charge in [-0.05, 0) is 31.0 Å². The molecule has 0 radical (unpaired) electrons. The highest BCUT2D eigenvalue weighted by atomic mass is 32.2. The first-order valence-electron chi connectivity index (χ1n) is 9.39. The monoisotopic (exact) mass is 438 g/mol. The summed E-state index contributed by atoms with van der Waals surface area (Å²) < 4.78 is 38.9. The molecule has 0 aromatic heterocycles. The first-order valence-corrected chi connectivity index (χ1v) is 12.4. The van der Waals surface area contributed by atoms with Crippen LogP contribution in [0.5, 0.6) is 0 Å². The molecule has 2 rings (SSSR count). The standard InChI is InChI=1S/C21H27FN2O3S2/c1-17-9-11-18(12-10-17)16-28-15-13-23-21(25)8-5-14-24(29(2,26)27)20-7-4-3-6-19(20)22/h3-4,6-7,9-12H,5,8,13-16H2,1-2H3,(H,23,25). The SMILES string of the molecule is Cc1ccc(CSCCNC(=O)CCCN(c2ccccc2F)S(C)(=O)=O)cc1. The van der Waals surface area contributed by atoms with Crippen LogP contribution in [0.25, 0.3) is 0 Å². The number of aryl methyl sites for hydroxylation is 1. The zero-order valence-electron chi connectivity index (χ0n) is 16.7. The van der Waals surface area contributed by atoms with E-state index in [9.17, 15) is 17.6 Å². The molecule has 1 amide bonds. The summed E-state index contributed by atoms with van der Waals surface area (Å²) in [5.74, 6) is 0.947. The number of carbonyl (C=O) groups is 1. The highest BCUT2D eigenvalue weighted by Crippen LogP contribution is 2.21. The number of para-hydroxylation sites is 1. The number of nitrogens with zero attached hydrogens (tertiary/aromatic N) is 1. The molecule has 5 nitrogen and oxygen atoms in total. The number of halogens is 1. The number of anilines is 1. The van der Waals surface area contributed by atoms with Crippen LogP contribution in [-0.4, -0.2) is 39.4 Å². The fourth-order valence-electron chi connectivity index (χ4n) is 2.73. The van der Waals surface area contributed by atoms with Gasteiger partial charge in [-0.2, -0.15) is 11.8 Å². The van der Waals surface area contributed by atoms with Crippen LogP contribution in [0.1, 0.15) is 24.0 Å². The second-order valence-electron chi connectivity index (χ2n) is 6.78. The van der Waals surface area contributed by atoms with Crippen molar-refractivity contribution >= 4 is 33.4 Å². The predicted molar refractivity (Wildman–Crippen MR) is 118 cm³/mol. The number of hydrogen-bond donors (Lipinski definition) is 1. The van der Waals surface area contributed by atoms with E-state index in [0.29, 0.717) is 13.0 Å². The van der Waals surface area contributed by atoms with E-state index in [1.165, 1.54) is 29.3 Å². The average molecular weight is 439 g/mol. The van der Waals surface area contributed by atoms with E-state index in [1.54, 1.807) is 17.8 Å². The molecule has 0 spiro atoms. The summed E-state index contributed by atoms with van der Waals surface area (Å²) >= 11 is 1.74. The minimum absolute atomic E-state index is 0.00270. The van der Waals surface area contributed by atoms with Gasteiger partial charge in [0.1, 0.15) is 5.82 Å². The molecular weight excluding hydrogens is 411 g/mol. The number of benzene rings is 2. The summed E-state index contributed by atoms with van der Waals surface area (Å²) in [5, 5.41) is 2.84. The van der Waals surface area contributed by atoms with Gasteiger partial charge in [-0.25, -0.2) is 12.8 Å². The first-order chi connectivity index (χ1) is 13.8. The Morgan fingerprint density at radius 2 is 1.83 bits per heavy atom. The molecular formula is C21H27FN2O3S2. The van der Waals surface area contributed by atoms with E-state index in [0.717, 1.165) is 22.1 Å². The highest BCUT2D eigenvalue weighted by Gasteiger charge is 2.20. The fraction of sp³-hybridized carbons (Fsp3) is 0.381. The van der Waals surface area contributed by atoms with Crippen LogP contribution in [0.15, 0.2) is 48.5 Å². The van der Waals surface area contributed by atoms with Crippen LogP contribution in [0, 0.1) is 12.7 Å².